The predicted molar refractivity (Wildman–Crippen MR) is 73.3 cm³/mol. The van der Waals surface area contributed by atoms with E-state index < -0.39 is 0 Å². The van der Waals surface area contributed by atoms with Crippen LogP contribution in [0.1, 0.15) is 0 Å². The van der Waals surface area contributed by atoms with Gasteiger partial charge in [-0.05, 0) is 24.3 Å². The third-order valence-corrected chi connectivity index (χ3v) is 3.02. The highest BCUT2D eigenvalue weighted by atomic mass is 35.5. The van der Waals surface area contributed by atoms with Gasteiger partial charge in [-0.25, -0.2) is 4.98 Å². The number of benzene rings is 1. The third kappa shape index (κ3) is 1.79. The first kappa shape index (κ1) is 11.3. The van der Waals surface area contributed by atoms with Crippen LogP contribution in [-0.4, -0.2) is 14.5 Å². The Morgan fingerprint density at radius 1 is 1.11 bits per heavy atom. The van der Waals surface area contributed by atoms with E-state index in [4.69, 9.17) is 28.9 Å². The Kier molecular flexibility index (Phi) is 2.61. The number of fused-ring (bicyclic) bond motifs is 1. The molecule has 0 fully saturated rings. The lowest BCUT2D eigenvalue weighted by Gasteiger charge is -2.07. The average molecular weight is 279 g/mol. The summed E-state index contributed by atoms with van der Waals surface area (Å²) in [4.78, 5) is 8.25. The van der Waals surface area contributed by atoms with Crippen LogP contribution in [0.15, 0.2) is 36.7 Å². The zero-order valence-corrected chi connectivity index (χ0v) is 10.7. The summed E-state index contributed by atoms with van der Waals surface area (Å²) < 4.78 is 1.79. The molecule has 3 aromatic rings. The fourth-order valence-corrected chi connectivity index (χ4v) is 2.41. The Hall–Kier alpha value is -1.78. The number of nitrogens with zero attached hydrogens (tertiary/aromatic N) is 3. The van der Waals surface area contributed by atoms with Crippen molar-refractivity contribution in [2.24, 2.45) is 0 Å². The van der Waals surface area contributed by atoms with Gasteiger partial charge in [0.2, 0.25) is 5.95 Å². The molecule has 0 atom stereocenters. The van der Waals surface area contributed by atoms with E-state index in [0.717, 1.165) is 16.7 Å². The summed E-state index contributed by atoms with van der Waals surface area (Å²) in [6.07, 6.45) is 3.35. The van der Waals surface area contributed by atoms with Crippen molar-refractivity contribution in [2.45, 2.75) is 0 Å². The average Bonchev–Trinajstić information content (AvgIpc) is 2.63. The van der Waals surface area contributed by atoms with Gasteiger partial charge >= 0.3 is 0 Å². The molecule has 0 saturated heterocycles. The highest BCUT2D eigenvalue weighted by Crippen LogP contribution is 2.27. The van der Waals surface area contributed by atoms with Crippen LogP contribution in [0.2, 0.25) is 10.0 Å². The summed E-state index contributed by atoms with van der Waals surface area (Å²) in [6, 6.07) is 7.08. The van der Waals surface area contributed by atoms with Gasteiger partial charge in [-0.3, -0.25) is 9.55 Å². The molecule has 6 heteroatoms. The Balaban J connectivity index is 2.34. The van der Waals surface area contributed by atoms with Crippen LogP contribution in [0.5, 0.6) is 0 Å². The summed E-state index contributed by atoms with van der Waals surface area (Å²) in [6.45, 7) is 0. The van der Waals surface area contributed by atoms with Crippen molar-refractivity contribution in [3.05, 3.63) is 46.7 Å². The predicted octanol–water partition coefficient (Wildman–Crippen LogP) is 3.31. The highest BCUT2D eigenvalue weighted by Gasteiger charge is 2.10. The van der Waals surface area contributed by atoms with Crippen LogP contribution in [0.25, 0.3) is 16.7 Å². The Labute approximate surface area is 113 Å². The van der Waals surface area contributed by atoms with Crippen LogP contribution >= 0.6 is 23.2 Å². The molecule has 0 saturated carbocycles. The summed E-state index contributed by atoms with van der Waals surface area (Å²) in [5, 5.41) is 1.10. The van der Waals surface area contributed by atoms with Crippen LogP contribution in [0, 0.1) is 0 Å². The summed E-state index contributed by atoms with van der Waals surface area (Å²) in [7, 11) is 0. The summed E-state index contributed by atoms with van der Waals surface area (Å²) in [5.74, 6) is 0.372. The van der Waals surface area contributed by atoms with Crippen molar-refractivity contribution >= 4 is 40.2 Å². The van der Waals surface area contributed by atoms with Gasteiger partial charge in [0.15, 0.2) is 0 Å². The minimum Gasteiger partial charge on any atom is -0.369 e. The largest absolute Gasteiger partial charge is 0.369 e. The Morgan fingerprint density at radius 3 is 2.56 bits per heavy atom. The van der Waals surface area contributed by atoms with E-state index in [1.165, 1.54) is 0 Å². The summed E-state index contributed by atoms with van der Waals surface area (Å²) >= 11 is 12.0. The minimum absolute atomic E-state index is 0.372. The van der Waals surface area contributed by atoms with E-state index in [1.54, 1.807) is 35.2 Å². The van der Waals surface area contributed by atoms with E-state index in [-0.39, 0.29) is 0 Å². The molecular weight excluding hydrogens is 271 g/mol. The molecule has 0 radical (unpaired) electrons. The number of nitrogens with two attached hydrogens (primary N) is 1. The van der Waals surface area contributed by atoms with Crippen molar-refractivity contribution in [3.63, 3.8) is 0 Å². The van der Waals surface area contributed by atoms with E-state index in [1.807, 2.05) is 6.07 Å². The lowest BCUT2D eigenvalue weighted by Crippen LogP contribution is -2.00. The number of nitrogen functional groups attached to an aromatic ring is 1. The zero-order valence-electron chi connectivity index (χ0n) is 9.14. The fraction of sp³-hybridized carbons (Fsp3) is 0. The third-order valence-electron chi connectivity index (χ3n) is 2.59. The molecule has 90 valence electrons. The molecular formula is C12H8Cl2N4. The minimum atomic E-state index is 0.372. The normalized spacial score (nSPS) is 11.0. The van der Waals surface area contributed by atoms with Crippen molar-refractivity contribution in [3.8, 4) is 5.69 Å². The lowest BCUT2D eigenvalue weighted by molar-refractivity contribution is 1.11. The van der Waals surface area contributed by atoms with Gasteiger partial charge in [-0.15, -0.1) is 0 Å². The maximum Gasteiger partial charge on any atom is 0.205 e. The number of pyridine rings is 1. The van der Waals surface area contributed by atoms with Gasteiger partial charge < -0.3 is 5.73 Å². The molecule has 0 amide bonds. The maximum absolute atomic E-state index is 6.00. The van der Waals surface area contributed by atoms with Crippen LogP contribution in [0.4, 0.5) is 5.95 Å². The second-order valence-corrected chi connectivity index (χ2v) is 4.67. The van der Waals surface area contributed by atoms with E-state index >= 15 is 0 Å². The topological polar surface area (TPSA) is 56.7 Å². The number of halogens is 2. The number of aromatic nitrogens is 3. The molecule has 4 nitrogen and oxygen atoms in total. The van der Waals surface area contributed by atoms with Gasteiger partial charge in [0.05, 0.1) is 17.4 Å². The van der Waals surface area contributed by atoms with Crippen molar-refractivity contribution in [1.29, 1.82) is 0 Å². The molecule has 2 heterocycles. The number of imidazole rings is 1. The number of rotatable bonds is 1. The summed E-state index contributed by atoms with van der Waals surface area (Å²) in [5.41, 5.74) is 8.29. The number of hydrogen-bond acceptors (Lipinski definition) is 3. The van der Waals surface area contributed by atoms with Gasteiger partial charge in [-0.2, -0.15) is 0 Å². The van der Waals surface area contributed by atoms with E-state index in [9.17, 15) is 0 Å². The Bertz CT molecular complexity index is 716. The van der Waals surface area contributed by atoms with Crippen molar-refractivity contribution in [1.82, 2.24) is 14.5 Å². The van der Waals surface area contributed by atoms with Crippen molar-refractivity contribution < 1.29 is 0 Å². The molecule has 1 aromatic carbocycles. The Morgan fingerprint density at radius 2 is 1.83 bits per heavy atom. The standard InChI is InChI=1S/C12H8Cl2N4/c13-7-3-8(14)5-9(4-7)18-11-1-2-16-6-10(11)17-12(18)15/h1-6H,(H2,15,17). The molecule has 3 rings (SSSR count). The molecule has 0 aliphatic carbocycles. The van der Waals surface area contributed by atoms with E-state index in [2.05, 4.69) is 9.97 Å². The molecule has 2 N–H and O–H groups in total. The molecule has 18 heavy (non-hydrogen) atoms. The SMILES string of the molecule is Nc1nc2cnccc2n1-c1cc(Cl)cc(Cl)c1. The lowest BCUT2D eigenvalue weighted by atomic mass is 10.3. The molecule has 0 bridgehead atoms. The van der Waals surface area contributed by atoms with E-state index in [0.29, 0.717) is 16.0 Å². The zero-order chi connectivity index (χ0) is 12.7. The quantitative estimate of drug-likeness (QED) is 0.743. The molecule has 0 aliphatic rings. The van der Waals surface area contributed by atoms with Gasteiger partial charge in [0.25, 0.3) is 0 Å². The first-order valence-corrected chi connectivity index (χ1v) is 5.95. The maximum atomic E-state index is 6.00. The van der Waals surface area contributed by atoms with Gasteiger partial charge in [0, 0.05) is 16.2 Å². The first-order valence-electron chi connectivity index (χ1n) is 5.19. The monoisotopic (exact) mass is 278 g/mol. The number of hydrogen-bond donors (Lipinski definition) is 1. The van der Waals surface area contributed by atoms with Crippen LogP contribution in [0.3, 0.4) is 0 Å². The van der Waals surface area contributed by atoms with Crippen LogP contribution < -0.4 is 5.73 Å². The number of anilines is 1. The first-order chi connectivity index (χ1) is 8.65. The second-order valence-electron chi connectivity index (χ2n) is 3.80. The molecule has 0 spiro atoms. The second kappa shape index (κ2) is 4.15. The fourth-order valence-electron chi connectivity index (χ4n) is 1.89. The van der Waals surface area contributed by atoms with Gasteiger partial charge in [-0.1, -0.05) is 23.2 Å². The molecule has 0 aliphatic heterocycles. The van der Waals surface area contributed by atoms with Gasteiger partial charge in [0.1, 0.15) is 5.52 Å². The van der Waals surface area contributed by atoms with Crippen LogP contribution in [-0.2, 0) is 0 Å². The smallest absolute Gasteiger partial charge is 0.205 e. The highest BCUT2D eigenvalue weighted by molar-refractivity contribution is 6.34. The molecule has 0 unspecified atom stereocenters. The molecule has 2 aromatic heterocycles. The van der Waals surface area contributed by atoms with Crippen molar-refractivity contribution in [2.75, 3.05) is 5.73 Å².